The van der Waals surface area contributed by atoms with Crippen LogP contribution in [0.1, 0.15) is 40.3 Å². The molecule has 0 saturated heterocycles. The molecule has 0 aliphatic heterocycles. The Kier molecular flexibility index (Phi) is 3.64. The molecule has 19 heavy (non-hydrogen) atoms. The number of nitrogens with zero attached hydrogens (tertiary/aromatic N) is 3. The molecule has 0 radical (unpaired) electrons. The van der Waals surface area contributed by atoms with Crippen LogP contribution in [0.3, 0.4) is 0 Å². The lowest BCUT2D eigenvalue weighted by Gasteiger charge is -2.13. The third-order valence-corrected chi connectivity index (χ3v) is 3.26. The molecule has 0 fully saturated rings. The Labute approximate surface area is 112 Å². The van der Waals surface area contributed by atoms with Crippen molar-refractivity contribution < 1.29 is 4.79 Å². The van der Waals surface area contributed by atoms with E-state index in [4.69, 9.17) is 0 Å². The van der Waals surface area contributed by atoms with E-state index in [-0.39, 0.29) is 11.9 Å². The van der Waals surface area contributed by atoms with E-state index >= 15 is 0 Å². The minimum Gasteiger partial charge on any atom is -0.345 e. The Morgan fingerprint density at radius 3 is 2.58 bits per heavy atom. The Bertz CT molecular complexity index is 586. The van der Waals surface area contributed by atoms with Gasteiger partial charge in [-0.05, 0) is 32.9 Å². The molecule has 100 valence electrons. The molecular weight excluding hydrogens is 240 g/mol. The first-order valence-electron chi connectivity index (χ1n) is 6.21. The summed E-state index contributed by atoms with van der Waals surface area (Å²) < 4.78 is 1.80. The molecule has 5 heteroatoms. The average molecular weight is 258 g/mol. The number of carbonyl (C=O) groups excluding carboxylic acids is 1. The van der Waals surface area contributed by atoms with Gasteiger partial charge in [0.15, 0.2) is 0 Å². The molecule has 2 heterocycles. The van der Waals surface area contributed by atoms with Gasteiger partial charge in [-0.2, -0.15) is 5.10 Å². The maximum absolute atomic E-state index is 12.1. The third kappa shape index (κ3) is 2.81. The van der Waals surface area contributed by atoms with Crippen LogP contribution in [0.5, 0.6) is 0 Å². The second-order valence-corrected chi connectivity index (χ2v) is 4.69. The monoisotopic (exact) mass is 258 g/mol. The van der Waals surface area contributed by atoms with Gasteiger partial charge in [-0.25, -0.2) is 0 Å². The summed E-state index contributed by atoms with van der Waals surface area (Å²) in [4.78, 5) is 16.2. The maximum Gasteiger partial charge on any atom is 0.253 e. The highest BCUT2D eigenvalue weighted by Crippen LogP contribution is 2.16. The normalized spacial score (nSPS) is 12.2. The zero-order chi connectivity index (χ0) is 14.0. The van der Waals surface area contributed by atoms with Gasteiger partial charge < -0.3 is 5.32 Å². The van der Waals surface area contributed by atoms with Gasteiger partial charge in [0.05, 0.1) is 17.8 Å². The summed E-state index contributed by atoms with van der Waals surface area (Å²) in [5, 5.41) is 7.14. The van der Waals surface area contributed by atoms with Crippen LogP contribution in [0.15, 0.2) is 24.5 Å². The quantitative estimate of drug-likeness (QED) is 0.915. The molecule has 2 aromatic heterocycles. The van der Waals surface area contributed by atoms with E-state index in [2.05, 4.69) is 15.4 Å². The molecule has 1 N–H and O–H groups in total. The van der Waals surface area contributed by atoms with E-state index in [9.17, 15) is 4.79 Å². The van der Waals surface area contributed by atoms with Gasteiger partial charge in [-0.15, -0.1) is 0 Å². The van der Waals surface area contributed by atoms with Crippen LogP contribution >= 0.6 is 0 Å². The maximum atomic E-state index is 12.1. The number of carbonyl (C=O) groups is 1. The van der Waals surface area contributed by atoms with Crippen LogP contribution in [0.2, 0.25) is 0 Å². The predicted octanol–water partition coefficient (Wildman–Crippen LogP) is 1.92. The largest absolute Gasteiger partial charge is 0.345 e. The topological polar surface area (TPSA) is 59.8 Å². The molecular formula is C14H18N4O. The van der Waals surface area contributed by atoms with E-state index in [1.165, 1.54) is 0 Å². The van der Waals surface area contributed by atoms with Crippen LogP contribution in [0, 0.1) is 13.8 Å². The average Bonchev–Trinajstić information content (AvgIpc) is 2.70. The van der Waals surface area contributed by atoms with Gasteiger partial charge in [0, 0.05) is 30.2 Å². The van der Waals surface area contributed by atoms with Crippen molar-refractivity contribution in [1.82, 2.24) is 20.1 Å². The van der Waals surface area contributed by atoms with Crippen molar-refractivity contribution in [3.05, 3.63) is 47.0 Å². The lowest BCUT2D eigenvalue weighted by Crippen LogP contribution is -2.27. The Balaban J connectivity index is 2.10. The van der Waals surface area contributed by atoms with Crippen LogP contribution in [0.4, 0.5) is 0 Å². The molecule has 0 aromatic carbocycles. The lowest BCUT2D eigenvalue weighted by atomic mass is 10.1. The number of hydrogen-bond donors (Lipinski definition) is 1. The summed E-state index contributed by atoms with van der Waals surface area (Å²) in [5.41, 5.74) is 3.54. The van der Waals surface area contributed by atoms with E-state index in [1.54, 1.807) is 23.1 Å². The SMILES string of the molecule is Cc1ccc(C(=O)NC(C)c2cnn(C)c2C)cn1. The molecule has 5 nitrogen and oxygen atoms in total. The molecule has 0 aliphatic rings. The summed E-state index contributed by atoms with van der Waals surface area (Å²) in [6.07, 6.45) is 3.38. The molecule has 2 aromatic rings. The summed E-state index contributed by atoms with van der Waals surface area (Å²) in [6.45, 7) is 5.82. The highest BCUT2D eigenvalue weighted by molar-refractivity contribution is 5.94. The first-order valence-corrected chi connectivity index (χ1v) is 6.21. The first kappa shape index (κ1) is 13.3. The van der Waals surface area contributed by atoms with E-state index in [0.29, 0.717) is 5.56 Å². The van der Waals surface area contributed by atoms with Gasteiger partial charge >= 0.3 is 0 Å². The number of rotatable bonds is 3. The highest BCUT2D eigenvalue weighted by Gasteiger charge is 2.15. The van der Waals surface area contributed by atoms with Crippen molar-refractivity contribution in [2.75, 3.05) is 0 Å². The smallest absolute Gasteiger partial charge is 0.253 e. The van der Waals surface area contributed by atoms with Gasteiger partial charge in [-0.3, -0.25) is 14.5 Å². The van der Waals surface area contributed by atoms with Crippen molar-refractivity contribution in [2.24, 2.45) is 7.05 Å². The number of nitrogens with one attached hydrogen (secondary N) is 1. The molecule has 0 aliphatic carbocycles. The molecule has 2 rings (SSSR count). The van der Waals surface area contributed by atoms with Crippen molar-refractivity contribution >= 4 is 5.91 Å². The fraction of sp³-hybridized carbons (Fsp3) is 0.357. The molecule has 0 saturated carbocycles. The van der Waals surface area contributed by atoms with Gasteiger partial charge in [0.25, 0.3) is 5.91 Å². The minimum absolute atomic E-state index is 0.0810. The third-order valence-electron chi connectivity index (χ3n) is 3.26. The number of amides is 1. The molecule has 0 spiro atoms. The van der Waals surface area contributed by atoms with Crippen molar-refractivity contribution in [3.63, 3.8) is 0 Å². The van der Waals surface area contributed by atoms with Crippen LogP contribution in [0.25, 0.3) is 0 Å². The van der Waals surface area contributed by atoms with Crippen LogP contribution < -0.4 is 5.32 Å². The number of aromatic nitrogens is 3. The van der Waals surface area contributed by atoms with Gasteiger partial charge in [-0.1, -0.05) is 0 Å². The van der Waals surface area contributed by atoms with Gasteiger partial charge in [0.1, 0.15) is 0 Å². The first-order chi connectivity index (χ1) is 8.99. The zero-order valence-corrected chi connectivity index (χ0v) is 11.6. The number of pyridine rings is 1. The fourth-order valence-electron chi connectivity index (χ4n) is 1.90. The summed E-state index contributed by atoms with van der Waals surface area (Å²) >= 11 is 0. The van der Waals surface area contributed by atoms with Gasteiger partial charge in [0.2, 0.25) is 0 Å². The standard InChI is InChI=1S/C14H18N4O/c1-9-5-6-12(7-15-9)14(19)17-10(2)13-8-16-18(4)11(13)3/h5-8,10H,1-4H3,(H,17,19). The number of hydrogen-bond acceptors (Lipinski definition) is 3. The predicted molar refractivity (Wildman–Crippen MR) is 72.8 cm³/mol. The molecule has 0 bridgehead atoms. The van der Waals surface area contributed by atoms with Crippen molar-refractivity contribution in [3.8, 4) is 0 Å². The minimum atomic E-state index is -0.122. The lowest BCUT2D eigenvalue weighted by molar-refractivity contribution is 0.0939. The second-order valence-electron chi connectivity index (χ2n) is 4.69. The number of aryl methyl sites for hydroxylation is 2. The molecule has 1 amide bonds. The Hall–Kier alpha value is -2.17. The Morgan fingerprint density at radius 2 is 2.05 bits per heavy atom. The molecule has 1 atom stereocenters. The second kappa shape index (κ2) is 5.22. The summed E-state index contributed by atoms with van der Waals surface area (Å²) in [5.74, 6) is -0.122. The summed E-state index contributed by atoms with van der Waals surface area (Å²) in [6, 6.07) is 3.53. The van der Waals surface area contributed by atoms with E-state index in [1.807, 2.05) is 33.9 Å². The zero-order valence-electron chi connectivity index (χ0n) is 11.6. The highest BCUT2D eigenvalue weighted by atomic mass is 16.1. The molecule has 1 unspecified atom stereocenters. The Morgan fingerprint density at radius 1 is 1.32 bits per heavy atom. The van der Waals surface area contributed by atoms with Crippen molar-refractivity contribution in [2.45, 2.75) is 26.8 Å². The van der Waals surface area contributed by atoms with E-state index in [0.717, 1.165) is 17.0 Å². The van der Waals surface area contributed by atoms with Crippen LogP contribution in [-0.2, 0) is 7.05 Å². The summed E-state index contributed by atoms with van der Waals surface area (Å²) in [7, 11) is 1.89. The van der Waals surface area contributed by atoms with Crippen molar-refractivity contribution in [1.29, 1.82) is 0 Å². The van der Waals surface area contributed by atoms with E-state index < -0.39 is 0 Å². The fourth-order valence-corrected chi connectivity index (χ4v) is 1.90. The van der Waals surface area contributed by atoms with Crippen LogP contribution in [-0.4, -0.2) is 20.7 Å².